The average molecular weight is 285 g/mol. The Morgan fingerprint density at radius 2 is 1.89 bits per heavy atom. The summed E-state index contributed by atoms with van der Waals surface area (Å²) in [6.07, 6.45) is 14.2. The van der Waals surface area contributed by atoms with Crippen LogP contribution in [-0.2, 0) is 0 Å². The molecule has 2 nitrogen and oxygen atoms in total. The van der Waals surface area contributed by atoms with E-state index < -0.39 is 0 Å². The zero-order chi connectivity index (χ0) is 13.5. The van der Waals surface area contributed by atoms with Crippen LogP contribution in [0.2, 0.25) is 0 Å². The number of nitrogens with two attached hydrogens (primary N) is 1. The molecular formula is C16H32N2S. The van der Waals surface area contributed by atoms with Crippen LogP contribution in [0.4, 0.5) is 0 Å². The third kappa shape index (κ3) is 4.95. The van der Waals surface area contributed by atoms with Crippen LogP contribution in [0, 0.1) is 11.8 Å². The van der Waals surface area contributed by atoms with Crippen LogP contribution in [0.1, 0.15) is 71.1 Å². The first-order valence-electron chi connectivity index (χ1n) is 8.41. The van der Waals surface area contributed by atoms with Gasteiger partial charge in [0.25, 0.3) is 0 Å². The molecule has 112 valence electrons. The smallest absolute Gasteiger partial charge is 0.0329 e. The summed E-state index contributed by atoms with van der Waals surface area (Å²) in [5.74, 6) is 8.84. The lowest BCUT2D eigenvalue weighted by Crippen LogP contribution is -2.44. The largest absolute Gasteiger partial charge is 0.271 e. The lowest BCUT2D eigenvalue weighted by Gasteiger charge is -2.34. The van der Waals surface area contributed by atoms with E-state index in [9.17, 15) is 0 Å². The molecule has 0 aromatic rings. The van der Waals surface area contributed by atoms with Crippen molar-refractivity contribution in [3.63, 3.8) is 0 Å². The zero-order valence-electron chi connectivity index (χ0n) is 12.6. The van der Waals surface area contributed by atoms with Gasteiger partial charge in [0.1, 0.15) is 0 Å². The SMILES string of the molecule is CCC1CCCC(C(CSC2CCCCC2)NN)C1. The topological polar surface area (TPSA) is 38.0 Å². The Morgan fingerprint density at radius 3 is 2.58 bits per heavy atom. The first-order chi connectivity index (χ1) is 9.33. The standard InChI is InChI=1S/C16H32N2S/c1-2-13-7-6-8-14(11-13)16(18-17)12-19-15-9-4-3-5-10-15/h13-16,18H,2-12,17H2,1H3. The second kappa shape index (κ2) is 8.53. The van der Waals surface area contributed by atoms with E-state index in [1.807, 2.05) is 0 Å². The predicted molar refractivity (Wildman–Crippen MR) is 86.2 cm³/mol. The molecule has 3 unspecified atom stereocenters. The van der Waals surface area contributed by atoms with Gasteiger partial charge in [-0.2, -0.15) is 11.8 Å². The summed E-state index contributed by atoms with van der Waals surface area (Å²) in [5, 5.41) is 0.912. The number of hydrogen-bond acceptors (Lipinski definition) is 3. The van der Waals surface area contributed by atoms with Gasteiger partial charge in [0.05, 0.1) is 0 Å². The Kier molecular flexibility index (Phi) is 7.03. The lowest BCUT2D eigenvalue weighted by atomic mass is 9.77. The third-order valence-electron chi connectivity index (χ3n) is 5.25. The van der Waals surface area contributed by atoms with E-state index in [1.54, 1.807) is 0 Å². The van der Waals surface area contributed by atoms with Crippen LogP contribution in [-0.4, -0.2) is 17.0 Å². The molecule has 0 aliphatic heterocycles. The molecule has 2 saturated carbocycles. The van der Waals surface area contributed by atoms with E-state index >= 15 is 0 Å². The highest BCUT2D eigenvalue weighted by molar-refractivity contribution is 7.99. The van der Waals surface area contributed by atoms with Crippen molar-refractivity contribution >= 4 is 11.8 Å². The molecule has 0 bridgehead atoms. The molecule has 3 N–H and O–H groups in total. The molecule has 19 heavy (non-hydrogen) atoms. The maximum atomic E-state index is 5.84. The molecule has 0 heterocycles. The summed E-state index contributed by atoms with van der Waals surface area (Å²) < 4.78 is 0. The fourth-order valence-corrected chi connectivity index (χ4v) is 5.38. The van der Waals surface area contributed by atoms with Crippen LogP contribution < -0.4 is 11.3 Å². The van der Waals surface area contributed by atoms with Gasteiger partial charge in [-0.25, -0.2) is 0 Å². The minimum atomic E-state index is 0.543. The van der Waals surface area contributed by atoms with E-state index in [0.717, 1.165) is 17.1 Å². The Balaban J connectivity index is 1.75. The molecule has 3 atom stereocenters. The van der Waals surface area contributed by atoms with Crippen molar-refractivity contribution < 1.29 is 0 Å². The molecule has 3 heteroatoms. The minimum Gasteiger partial charge on any atom is -0.271 e. The van der Waals surface area contributed by atoms with Crippen LogP contribution >= 0.6 is 11.8 Å². The van der Waals surface area contributed by atoms with Gasteiger partial charge in [-0.3, -0.25) is 11.3 Å². The summed E-state index contributed by atoms with van der Waals surface area (Å²) in [7, 11) is 0. The second-order valence-corrected chi connectivity index (χ2v) is 7.90. The van der Waals surface area contributed by atoms with Crippen molar-refractivity contribution in [1.29, 1.82) is 0 Å². The van der Waals surface area contributed by atoms with Crippen molar-refractivity contribution in [2.75, 3.05) is 5.75 Å². The molecule has 0 amide bonds. The molecule has 0 aromatic heterocycles. The first kappa shape index (κ1) is 15.7. The molecule has 0 radical (unpaired) electrons. The maximum absolute atomic E-state index is 5.84. The summed E-state index contributed by atoms with van der Waals surface area (Å²) in [5.41, 5.74) is 3.14. The molecule has 2 fully saturated rings. The molecule has 0 spiro atoms. The van der Waals surface area contributed by atoms with Crippen LogP contribution in [0.15, 0.2) is 0 Å². The van der Waals surface area contributed by atoms with E-state index in [2.05, 4.69) is 24.1 Å². The quantitative estimate of drug-likeness (QED) is 0.569. The average Bonchev–Trinajstić information content (AvgIpc) is 2.49. The maximum Gasteiger partial charge on any atom is 0.0329 e. The number of hydrazine groups is 1. The molecule has 2 aliphatic carbocycles. The van der Waals surface area contributed by atoms with Crippen molar-refractivity contribution in [1.82, 2.24) is 5.43 Å². The molecule has 2 aliphatic rings. The number of rotatable bonds is 6. The summed E-state index contributed by atoms with van der Waals surface area (Å²) >= 11 is 2.19. The van der Waals surface area contributed by atoms with Crippen molar-refractivity contribution in [2.24, 2.45) is 17.7 Å². The fraction of sp³-hybridized carbons (Fsp3) is 1.00. The van der Waals surface area contributed by atoms with Gasteiger partial charge < -0.3 is 0 Å². The van der Waals surface area contributed by atoms with Crippen molar-refractivity contribution in [3.8, 4) is 0 Å². The van der Waals surface area contributed by atoms with E-state index in [1.165, 1.54) is 70.0 Å². The summed E-state index contributed by atoms with van der Waals surface area (Å²) in [6.45, 7) is 2.34. The molecule has 0 aromatic carbocycles. The van der Waals surface area contributed by atoms with Gasteiger partial charge in [0.2, 0.25) is 0 Å². The van der Waals surface area contributed by atoms with Gasteiger partial charge in [-0.15, -0.1) is 0 Å². The summed E-state index contributed by atoms with van der Waals surface area (Å²) in [6, 6.07) is 0.543. The molecular weight excluding hydrogens is 252 g/mol. The van der Waals surface area contributed by atoms with Crippen LogP contribution in [0.5, 0.6) is 0 Å². The van der Waals surface area contributed by atoms with E-state index in [-0.39, 0.29) is 0 Å². The molecule has 0 saturated heterocycles. The predicted octanol–water partition coefficient (Wildman–Crippen LogP) is 4.10. The highest BCUT2D eigenvalue weighted by Crippen LogP contribution is 2.35. The highest BCUT2D eigenvalue weighted by atomic mass is 32.2. The Hall–Kier alpha value is 0.270. The van der Waals surface area contributed by atoms with Gasteiger partial charge in [-0.05, 0) is 37.5 Å². The van der Waals surface area contributed by atoms with E-state index in [4.69, 9.17) is 5.84 Å². The summed E-state index contributed by atoms with van der Waals surface area (Å²) in [4.78, 5) is 0. The van der Waals surface area contributed by atoms with Crippen LogP contribution in [0.3, 0.4) is 0 Å². The minimum absolute atomic E-state index is 0.543. The highest BCUT2D eigenvalue weighted by Gasteiger charge is 2.28. The number of thioether (sulfide) groups is 1. The Morgan fingerprint density at radius 1 is 1.11 bits per heavy atom. The molecule has 2 rings (SSSR count). The number of hydrogen-bond donors (Lipinski definition) is 2. The second-order valence-electron chi connectivity index (χ2n) is 6.57. The number of nitrogens with one attached hydrogen (secondary N) is 1. The van der Waals surface area contributed by atoms with Crippen molar-refractivity contribution in [3.05, 3.63) is 0 Å². The van der Waals surface area contributed by atoms with Gasteiger partial charge in [0, 0.05) is 17.0 Å². The monoisotopic (exact) mass is 284 g/mol. The van der Waals surface area contributed by atoms with Crippen LogP contribution in [0.25, 0.3) is 0 Å². The zero-order valence-corrected chi connectivity index (χ0v) is 13.4. The fourth-order valence-electron chi connectivity index (χ4n) is 3.86. The van der Waals surface area contributed by atoms with E-state index in [0.29, 0.717) is 6.04 Å². The lowest BCUT2D eigenvalue weighted by molar-refractivity contribution is 0.219. The van der Waals surface area contributed by atoms with Crippen molar-refractivity contribution in [2.45, 2.75) is 82.4 Å². The van der Waals surface area contributed by atoms with Gasteiger partial charge >= 0.3 is 0 Å². The van der Waals surface area contributed by atoms with Gasteiger partial charge in [-0.1, -0.05) is 45.4 Å². The third-order valence-corrected chi connectivity index (χ3v) is 6.74. The van der Waals surface area contributed by atoms with Gasteiger partial charge in [0.15, 0.2) is 0 Å². The normalized spacial score (nSPS) is 31.3. The first-order valence-corrected chi connectivity index (χ1v) is 9.46. The Bertz CT molecular complexity index is 241. The Labute approximate surface area is 123 Å².